The molecule has 0 spiro atoms. The van der Waals surface area contributed by atoms with E-state index in [1.807, 2.05) is 37.3 Å². The first kappa shape index (κ1) is 11.6. The zero-order valence-corrected chi connectivity index (χ0v) is 10.1. The van der Waals surface area contributed by atoms with Crippen molar-refractivity contribution in [2.45, 2.75) is 26.7 Å². The van der Waals surface area contributed by atoms with Crippen molar-refractivity contribution < 1.29 is 9.32 Å². The highest BCUT2D eigenvalue weighted by Gasteiger charge is 2.20. The van der Waals surface area contributed by atoms with E-state index < -0.39 is 0 Å². The van der Waals surface area contributed by atoms with Crippen molar-refractivity contribution in [1.82, 2.24) is 5.16 Å². The van der Waals surface area contributed by atoms with Crippen molar-refractivity contribution in [3.63, 3.8) is 0 Å². The summed E-state index contributed by atoms with van der Waals surface area (Å²) in [6.07, 6.45) is 1.36. The van der Waals surface area contributed by atoms with E-state index in [1.165, 1.54) is 0 Å². The number of ketones is 1. The first-order valence-electron chi connectivity index (χ1n) is 5.79. The zero-order chi connectivity index (χ0) is 12.3. The van der Waals surface area contributed by atoms with E-state index >= 15 is 0 Å². The minimum absolute atomic E-state index is 0.102. The van der Waals surface area contributed by atoms with Crippen molar-refractivity contribution >= 4 is 5.78 Å². The summed E-state index contributed by atoms with van der Waals surface area (Å²) < 4.78 is 5.15. The molecular weight excluding hydrogens is 214 g/mol. The van der Waals surface area contributed by atoms with Gasteiger partial charge < -0.3 is 4.52 Å². The lowest BCUT2D eigenvalue weighted by Gasteiger charge is -2.00. The van der Waals surface area contributed by atoms with Crippen LogP contribution in [-0.2, 0) is 0 Å². The number of hydrogen-bond donors (Lipinski definition) is 0. The van der Waals surface area contributed by atoms with Crippen molar-refractivity contribution in [2.75, 3.05) is 0 Å². The van der Waals surface area contributed by atoms with Gasteiger partial charge in [0.05, 0.1) is 5.56 Å². The lowest BCUT2D eigenvalue weighted by Crippen LogP contribution is -2.00. The lowest BCUT2D eigenvalue weighted by molar-refractivity contribution is 0.0981. The molecule has 0 radical (unpaired) electrons. The molecule has 0 saturated heterocycles. The van der Waals surface area contributed by atoms with Gasteiger partial charge in [-0.1, -0.05) is 42.4 Å². The van der Waals surface area contributed by atoms with E-state index in [4.69, 9.17) is 4.52 Å². The maximum Gasteiger partial charge on any atom is 0.168 e. The third-order valence-electron chi connectivity index (χ3n) is 2.67. The molecule has 0 aliphatic carbocycles. The minimum atomic E-state index is 0.102. The SMILES string of the molecule is CCCC(=O)c1c(-c2ccccc2)noc1C. The number of hydrogen-bond acceptors (Lipinski definition) is 3. The quantitative estimate of drug-likeness (QED) is 0.752. The molecule has 0 saturated carbocycles. The van der Waals surface area contributed by atoms with E-state index in [0.717, 1.165) is 12.0 Å². The van der Waals surface area contributed by atoms with Gasteiger partial charge in [0, 0.05) is 12.0 Å². The molecule has 0 amide bonds. The average molecular weight is 229 g/mol. The molecule has 0 fully saturated rings. The molecule has 2 aromatic rings. The molecular formula is C14H15NO2. The smallest absolute Gasteiger partial charge is 0.168 e. The molecule has 88 valence electrons. The van der Waals surface area contributed by atoms with Crippen LogP contribution >= 0.6 is 0 Å². The molecule has 0 N–H and O–H groups in total. The second kappa shape index (κ2) is 4.95. The number of rotatable bonds is 4. The standard InChI is InChI=1S/C14H15NO2/c1-3-7-12(16)13-10(2)17-15-14(13)11-8-5-4-6-9-11/h4-6,8-9H,3,7H2,1-2H3. The molecule has 0 atom stereocenters. The fourth-order valence-corrected chi connectivity index (χ4v) is 1.85. The Morgan fingerprint density at radius 1 is 1.29 bits per heavy atom. The highest BCUT2D eigenvalue weighted by atomic mass is 16.5. The van der Waals surface area contributed by atoms with Gasteiger partial charge in [-0.3, -0.25) is 4.79 Å². The predicted octanol–water partition coefficient (Wildman–Crippen LogP) is 3.63. The van der Waals surface area contributed by atoms with Crippen molar-refractivity contribution in [1.29, 1.82) is 0 Å². The number of Topliss-reactive ketones (excluding diaryl/α,β-unsaturated/α-hetero) is 1. The Labute approximate surface area is 100 Å². The summed E-state index contributed by atoms with van der Waals surface area (Å²) in [7, 11) is 0. The molecule has 2 rings (SSSR count). The maximum absolute atomic E-state index is 12.0. The summed E-state index contributed by atoms with van der Waals surface area (Å²) in [6, 6.07) is 9.64. The van der Waals surface area contributed by atoms with Gasteiger partial charge in [0.15, 0.2) is 5.78 Å². The Kier molecular flexibility index (Phi) is 3.38. The summed E-state index contributed by atoms with van der Waals surface area (Å²) in [5, 5.41) is 3.99. The molecule has 1 aromatic carbocycles. The zero-order valence-electron chi connectivity index (χ0n) is 10.1. The normalized spacial score (nSPS) is 10.5. The lowest BCUT2D eigenvalue weighted by atomic mass is 10.0. The third kappa shape index (κ3) is 2.28. The van der Waals surface area contributed by atoms with Crippen molar-refractivity contribution in [2.24, 2.45) is 0 Å². The van der Waals surface area contributed by atoms with Gasteiger partial charge in [-0.15, -0.1) is 0 Å². The first-order valence-corrected chi connectivity index (χ1v) is 5.79. The second-order valence-electron chi connectivity index (χ2n) is 4.00. The molecule has 1 aromatic heterocycles. The van der Waals surface area contributed by atoms with Crippen LogP contribution in [0.25, 0.3) is 11.3 Å². The van der Waals surface area contributed by atoms with Crippen LogP contribution in [0.1, 0.15) is 35.9 Å². The molecule has 17 heavy (non-hydrogen) atoms. The van der Waals surface area contributed by atoms with Crippen LogP contribution in [0.2, 0.25) is 0 Å². The average Bonchev–Trinajstić information content (AvgIpc) is 2.73. The van der Waals surface area contributed by atoms with Crippen LogP contribution in [-0.4, -0.2) is 10.9 Å². The molecule has 1 heterocycles. The predicted molar refractivity (Wildman–Crippen MR) is 65.9 cm³/mol. The fourth-order valence-electron chi connectivity index (χ4n) is 1.85. The number of carbonyl (C=O) groups is 1. The number of aryl methyl sites for hydroxylation is 1. The van der Waals surface area contributed by atoms with Crippen LogP contribution in [0.4, 0.5) is 0 Å². The number of carbonyl (C=O) groups excluding carboxylic acids is 1. The molecule has 3 nitrogen and oxygen atoms in total. The maximum atomic E-state index is 12.0. The fraction of sp³-hybridized carbons (Fsp3) is 0.286. The Bertz CT molecular complexity index is 514. The van der Waals surface area contributed by atoms with Gasteiger partial charge in [0.2, 0.25) is 0 Å². The van der Waals surface area contributed by atoms with Gasteiger partial charge in [0.25, 0.3) is 0 Å². The second-order valence-corrected chi connectivity index (χ2v) is 4.00. The summed E-state index contributed by atoms with van der Waals surface area (Å²) in [4.78, 5) is 12.0. The topological polar surface area (TPSA) is 43.1 Å². The Morgan fingerprint density at radius 2 is 2.00 bits per heavy atom. The number of benzene rings is 1. The highest BCUT2D eigenvalue weighted by molar-refractivity contribution is 6.02. The van der Waals surface area contributed by atoms with Crippen molar-refractivity contribution in [3.05, 3.63) is 41.7 Å². The number of aromatic nitrogens is 1. The Hall–Kier alpha value is -1.90. The van der Waals surface area contributed by atoms with Gasteiger partial charge >= 0.3 is 0 Å². The summed E-state index contributed by atoms with van der Waals surface area (Å²) in [5.74, 6) is 0.701. The number of nitrogens with zero attached hydrogens (tertiary/aromatic N) is 1. The molecule has 0 unspecified atom stereocenters. The van der Waals surface area contributed by atoms with E-state index in [-0.39, 0.29) is 5.78 Å². The van der Waals surface area contributed by atoms with Gasteiger partial charge in [-0.25, -0.2) is 0 Å². The van der Waals surface area contributed by atoms with E-state index in [2.05, 4.69) is 5.16 Å². The van der Waals surface area contributed by atoms with Gasteiger partial charge in [-0.05, 0) is 13.3 Å². The van der Waals surface area contributed by atoms with Crippen LogP contribution in [0, 0.1) is 6.92 Å². The Balaban J connectivity index is 2.46. The Morgan fingerprint density at radius 3 is 2.65 bits per heavy atom. The largest absolute Gasteiger partial charge is 0.360 e. The van der Waals surface area contributed by atoms with Gasteiger partial charge in [0.1, 0.15) is 11.5 Å². The summed E-state index contributed by atoms with van der Waals surface area (Å²) in [5.41, 5.74) is 2.20. The monoisotopic (exact) mass is 229 g/mol. The molecule has 0 bridgehead atoms. The minimum Gasteiger partial charge on any atom is -0.360 e. The van der Waals surface area contributed by atoms with Crippen LogP contribution in [0.15, 0.2) is 34.9 Å². The van der Waals surface area contributed by atoms with E-state index in [0.29, 0.717) is 23.4 Å². The summed E-state index contributed by atoms with van der Waals surface area (Å²) >= 11 is 0. The van der Waals surface area contributed by atoms with Crippen LogP contribution < -0.4 is 0 Å². The summed E-state index contributed by atoms with van der Waals surface area (Å²) in [6.45, 7) is 3.77. The van der Waals surface area contributed by atoms with E-state index in [1.54, 1.807) is 6.92 Å². The van der Waals surface area contributed by atoms with Gasteiger partial charge in [-0.2, -0.15) is 0 Å². The van der Waals surface area contributed by atoms with Crippen LogP contribution in [0.3, 0.4) is 0 Å². The highest BCUT2D eigenvalue weighted by Crippen LogP contribution is 2.26. The molecule has 0 aliphatic rings. The third-order valence-corrected chi connectivity index (χ3v) is 2.67. The van der Waals surface area contributed by atoms with Crippen molar-refractivity contribution in [3.8, 4) is 11.3 Å². The van der Waals surface area contributed by atoms with Crippen LogP contribution in [0.5, 0.6) is 0 Å². The van der Waals surface area contributed by atoms with E-state index in [9.17, 15) is 4.79 Å². The molecule has 3 heteroatoms. The molecule has 0 aliphatic heterocycles. The first-order chi connectivity index (χ1) is 8.24.